The lowest BCUT2D eigenvalue weighted by Gasteiger charge is -2.14. The van der Waals surface area contributed by atoms with Gasteiger partial charge < -0.3 is 10.1 Å². The number of amides is 1. The molecule has 0 saturated heterocycles. The van der Waals surface area contributed by atoms with E-state index in [4.69, 9.17) is 16.3 Å². The fraction of sp³-hybridized carbons (Fsp3) is 0.150. The Morgan fingerprint density at radius 3 is 2.76 bits per heavy atom. The van der Waals surface area contributed by atoms with Gasteiger partial charge in [0.2, 0.25) is 0 Å². The highest BCUT2D eigenvalue weighted by molar-refractivity contribution is 6.30. The lowest BCUT2D eigenvalue weighted by molar-refractivity contribution is -0.122. The Kier molecular flexibility index (Phi) is 4.94. The Morgan fingerprint density at radius 2 is 2.03 bits per heavy atom. The van der Waals surface area contributed by atoms with Gasteiger partial charge in [0.15, 0.2) is 11.8 Å². The van der Waals surface area contributed by atoms with Gasteiger partial charge in [-0.2, -0.15) is 10.2 Å². The van der Waals surface area contributed by atoms with Gasteiger partial charge in [-0.25, -0.2) is 9.07 Å². The molecular weight excluding hydrogens is 397 g/mol. The quantitative estimate of drug-likeness (QED) is 0.512. The highest BCUT2D eigenvalue weighted by atomic mass is 35.5. The van der Waals surface area contributed by atoms with Crippen LogP contribution in [0.2, 0.25) is 5.02 Å². The molecule has 1 atom stereocenters. The summed E-state index contributed by atoms with van der Waals surface area (Å²) >= 11 is 5.94. The summed E-state index contributed by atoms with van der Waals surface area (Å²) in [7, 11) is 0. The second-order valence-electron chi connectivity index (χ2n) is 6.48. The molecule has 9 heteroatoms. The maximum atomic E-state index is 13.2. The number of hydrogen-bond acceptors (Lipinski definition) is 4. The molecule has 29 heavy (non-hydrogen) atoms. The number of benzene rings is 2. The molecule has 1 unspecified atom stereocenters. The van der Waals surface area contributed by atoms with Crippen molar-refractivity contribution in [1.82, 2.24) is 20.0 Å². The Morgan fingerprint density at radius 1 is 1.28 bits per heavy atom. The van der Waals surface area contributed by atoms with Crippen LogP contribution in [0.3, 0.4) is 0 Å². The van der Waals surface area contributed by atoms with Gasteiger partial charge in [0.1, 0.15) is 17.4 Å². The van der Waals surface area contributed by atoms with Crippen LogP contribution in [0.1, 0.15) is 12.6 Å². The van der Waals surface area contributed by atoms with Crippen LogP contribution in [0.25, 0.3) is 16.7 Å². The molecule has 0 spiro atoms. The molecule has 0 fully saturated rings. The van der Waals surface area contributed by atoms with Crippen molar-refractivity contribution in [3.05, 3.63) is 65.1 Å². The number of aromatic nitrogens is 4. The van der Waals surface area contributed by atoms with Crippen LogP contribution in [0.4, 0.5) is 10.2 Å². The fourth-order valence-corrected chi connectivity index (χ4v) is 3.13. The number of halogens is 2. The molecule has 4 aromatic rings. The average Bonchev–Trinajstić information content (AvgIpc) is 3.24. The number of aromatic amines is 1. The number of aryl methyl sites for hydroxylation is 1. The number of carbonyl (C=O) groups is 1. The standard InChI is InChI=1S/C20H17ClFN5O2/c1-11-17-18(23-20(28)12(2)29-16-5-3-4-13(21)10-16)24-25-19(17)27(26-11)15-8-6-14(22)7-9-15/h3-10,12H,1-2H3,(H2,23,24,25,28). The van der Waals surface area contributed by atoms with E-state index in [9.17, 15) is 9.18 Å². The van der Waals surface area contributed by atoms with Gasteiger partial charge in [0, 0.05) is 5.02 Å². The first-order valence-electron chi connectivity index (χ1n) is 8.85. The highest BCUT2D eigenvalue weighted by Crippen LogP contribution is 2.27. The molecule has 0 aliphatic carbocycles. The second-order valence-corrected chi connectivity index (χ2v) is 6.91. The predicted octanol–water partition coefficient (Wildman–Crippen LogP) is 4.26. The summed E-state index contributed by atoms with van der Waals surface area (Å²) in [6.45, 7) is 3.44. The maximum absolute atomic E-state index is 13.2. The minimum Gasteiger partial charge on any atom is -0.481 e. The third-order valence-corrected chi connectivity index (χ3v) is 4.59. The number of anilines is 1. The SMILES string of the molecule is Cc1nn(-c2ccc(F)cc2)c2n[nH]c(NC(=O)C(C)Oc3cccc(Cl)c3)c12. The van der Waals surface area contributed by atoms with Crippen LogP contribution in [0.5, 0.6) is 5.75 Å². The number of hydrogen-bond donors (Lipinski definition) is 2. The zero-order valence-electron chi connectivity index (χ0n) is 15.6. The van der Waals surface area contributed by atoms with E-state index in [0.29, 0.717) is 39.0 Å². The topological polar surface area (TPSA) is 84.8 Å². The van der Waals surface area contributed by atoms with Gasteiger partial charge in [-0.3, -0.25) is 9.89 Å². The molecule has 7 nitrogen and oxygen atoms in total. The molecular formula is C20H17ClFN5O2. The molecule has 0 bridgehead atoms. The molecule has 0 aliphatic rings. The Labute approximate surface area is 170 Å². The smallest absolute Gasteiger partial charge is 0.266 e. The normalized spacial score (nSPS) is 12.1. The number of rotatable bonds is 5. The Hall–Kier alpha value is -3.39. The van der Waals surface area contributed by atoms with Crippen molar-refractivity contribution in [3.63, 3.8) is 0 Å². The van der Waals surface area contributed by atoms with Crippen molar-refractivity contribution in [2.75, 3.05) is 5.32 Å². The lowest BCUT2D eigenvalue weighted by Crippen LogP contribution is -2.30. The van der Waals surface area contributed by atoms with Crippen LogP contribution in [0.15, 0.2) is 48.5 Å². The van der Waals surface area contributed by atoms with Crippen molar-refractivity contribution in [2.24, 2.45) is 0 Å². The molecule has 0 saturated carbocycles. The van der Waals surface area contributed by atoms with E-state index in [1.807, 2.05) is 0 Å². The summed E-state index contributed by atoms with van der Waals surface area (Å²) in [5.74, 6) is 0.217. The third-order valence-electron chi connectivity index (χ3n) is 4.36. The number of fused-ring (bicyclic) bond motifs is 1. The molecule has 2 aromatic carbocycles. The van der Waals surface area contributed by atoms with Crippen molar-refractivity contribution < 1.29 is 13.9 Å². The fourth-order valence-electron chi connectivity index (χ4n) is 2.95. The molecule has 1 amide bonds. The predicted molar refractivity (Wildman–Crippen MR) is 108 cm³/mol. The minimum absolute atomic E-state index is 0.336. The van der Waals surface area contributed by atoms with Gasteiger partial charge in [-0.05, 0) is 56.3 Å². The zero-order chi connectivity index (χ0) is 20.5. The van der Waals surface area contributed by atoms with Crippen molar-refractivity contribution in [1.29, 1.82) is 0 Å². The van der Waals surface area contributed by atoms with E-state index in [1.165, 1.54) is 12.1 Å². The minimum atomic E-state index is -0.765. The molecule has 0 radical (unpaired) electrons. The molecule has 2 aromatic heterocycles. The van der Waals surface area contributed by atoms with Crippen LogP contribution in [-0.2, 0) is 4.79 Å². The average molecular weight is 414 g/mol. The first-order valence-corrected chi connectivity index (χ1v) is 9.23. The summed E-state index contributed by atoms with van der Waals surface area (Å²) < 4.78 is 20.4. The zero-order valence-corrected chi connectivity index (χ0v) is 16.4. The molecule has 148 valence electrons. The summed E-state index contributed by atoms with van der Waals surface area (Å²) in [6, 6.07) is 12.7. The van der Waals surface area contributed by atoms with Crippen molar-refractivity contribution in [2.45, 2.75) is 20.0 Å². The molecule has 2 heterocycles. The van der Waals surface area contributed by atoms with E-state index in [1.54, 1.807) is 54.9 Å². The molecule has 2 N–H and O–H groups in total. The van der Waals surface area contributed by atoms with E-state index < -0.39 is 6.10 Å². The number of carbonyl (C=O) groups excluding carboxylic acids is 1. The van der Waals surface area contributed by atoms with Crippen LogP contribution < -0.4 is 10.1 Å². The van der Waals surface area contributed by atoms with E-state index in [-0.39, 0.29) is 11.7 Å². The monoisotopic (exact) mass is 413 g/mol. The molecule has 0 aliphatic heterocycles. The number of nitrogens with one attached hydrogen (secondary N) is 2. The van der Waals surface area contributed by atoms with Crippen molar-refractivity contribution in [3.8, 4) is 11.4 Å². The summed E-state index contributed by atoms with van der Waals surface area (Å²) in [5, 5.41) is 15.5. The number of nitrogens with zero attached hydrogens (tertiary/aromatic N) is 3. The summed E-state index contributed by atoms with van der Waals surface area (Å²) in [5.41, 5.74) is 1.84. The largest absolute Gasteiger partial charge is 0.481 e. The van der Waals surface area contributed by atoms with Gasteiger partial charge in [0.05, 0.1) is 16.8 Å². The van der Waals surface area contributed by atoms with Crippen LogP contribution in [0, 0.1) is 12.7 Å². The van der Waals surface area contributed by atoms with E-state index in [0.717, 1.165) is 0 Å². The summed E-state index contributed by atoms with van der Waals surface area (Å²) in [6.07, 6.45) is -0.765. The summed E-state index contributed by atoms with van der Waals surface area (Å²) in [4.78, 5) is 12.6. The van der Waals surface area contributed by atoms with Gasteiger partial charge in [-0.15, -0.1) is 0 Å². The third kappa shape index (κ3) is 3.79. The number of ether oxygens (including phenoxy) is 1. The van der Waals surface area contributed by atoms with E-state index in [2.05, 4.69) is 20.6 Å². The Balaban J connectivity index is 1.57. The Bertz CT molecular complexity index is 1190. The van der Waals surface area contributed by atoms with Gasteiger partial charge in [-0.1, -0.05) is 17.7 Å². The van der Waals surface area contributed by atoms with Crippen LogP contribution in [-0.4, -0.2) is 32.0 Å². The lowest BCUT2D eigenvalue weighted by atomic mass is 10.3. The highest BCUT2D eigenvalue weighted by Gasteiger charge is 2.21. The molecule has 4 rings (SSSR count). The van der Waals surface area contributed by atoms with Gasteiger partial charge in [0.25, 0.3) is 5.91 Å². The first-order chi connectivity index (χ1) is 13.9. The number of H-pyrrole nitrogens is 1. The second kappa shape index (κ2) is 7.56. The van der Waals surface area contributed by atoms with Gasteiger partial charge >= 0.3 is 0 Å². The maximum Gasteiger partial charge on any atom is 0.266 e. The van der Waals surface area contributed by atoms with Crippen molar-refractivity contribution >= 4 is 34.4 Å². The van der Waals surface area contributed by atoms with E-state index >= 15 is 0 Å². The van der Waals surface area contributed by atoms with Crippen LogP contribution >= 0.6 is 11.6 Å². The first kappa shape index (κ1) is 18.9.